The molecule has 6 nitrogen and oxygen atoms in total. The molecule has 1 aliphatic rings. The molecule has 0 unspecified atom stereocenters. The number of carboxylic acids is 1. The van der Waals surface area contributed by atoms with Crippen LogP contribution in [0.3, 0.4) is 0 Å². The second-order valence-corrected chi connectivity index (χ2v) is 7.34. The number of aliphatic hydroxyl groups excluding tert-OH is 1. The Bertz CT molecular complexity index is 1040. The van der Waals surface area contributed by atoms with E-state index in [1.807, 2.05) is 32.2 Å². The number of rotatable bonds is 5. The average Bonchev–Trinajstić information content (AvgIpc) is 3.26. The Morgan fingerprint density at radius 1 is 1.30 bits per heavy atom. The molecule has 1 aliphatic carbocycles. The summed E-state index contributed by atoms with van der Waals surface area (Å²) in [5, 5.41) is 27.7. The molecule has 2 aromatic carbocycles. The van der Waals surface area contributed by atoms with E-state index in [1.54, 1.807) is 4.68 Å². The molecule has 140 valence electrons. The number of aromatic nitrogens is 3. The molecule has 27 heavy (non-hydrogen) atoms. The molecular formula is C21H23N3O3. The number of benzene rings is 2. The number of carbonyl (C=O) groups is 1. The highest BCUT2D eigenvalue weighted by atomic mass is 16.4. The van der Waals surface area contributed by atoms with Crippen molar-refractivity contribution in [1.29, 1.82) is 0 Å². The molecule has 0 saturated carbocycles. The second-order valence-electron chi connectivity index (χ2n) is 7.34. The Balaban J connectivity index is 1.88. The smallest absolute Gasteiger partial charge is 0.304 e. The molecule has 0 saturated heterocycles. The lowest BCUT2D eigenvalue weighted by Gasteiger charge is -2.21. The SMILES string of the molecule is Cc1c([C@@H](CC(=O)O)c2cc(CO)c3c(c2)CCC3)ccc2c1nnn2C. The molecule has 1 aromatic heterocycles. The van der Waals surface area contributed by atoms with Gasteiger partial charge in [-0.15, -0.1) is 5.10 Å². The van der Waals surface area contributed by atoms with Gasteiger partial charge in [0.1, 0.15) is 5.52 Å². The zero-order valence-electron chi connectivity index (χ0n) is 15.6. The van der Waals surface area contributed by atoms with E-state index in [0.717, 1.165) is 52.5 Å². The van der Waals surface area contributed by atoms with Gasteiger partial charge < -0.3 is 10.2 Å². The van der Waals surface area contributed by atoms with E-state index >= 15 is 0 Å². The average molecular weight is 365 g/mol. The van der Waals surface area contributed by atoms with Crippen LogP contribution in [0, 0.1) is 6.92 Å². The van der Waals surface area contributed by atoms with Gasteiger partial charge in [-0.3, -0.25) is 4.79 Å². The van der Waals surface area contributed by atoms with Gasteiger partial charge in [0.2, 0.25) is 0 Å². The molecule has 0 amide bonds. The Morgan fingerprint density at radius 3 is 2.85 bits per heavy atom. The molecule has 0 bridgehead atoms. The van der Waals surface area contributed by atoms with Crippen molar-refractivity contribution in [3.05, 3.63) is 57.6 Å². The lowest BCUT2D eigenvalue weighted by atomic mass is 9.83. The first kappa shape index (κ1) is 17.7. The molecule has 0 fully saturated rings. The summed E-state index contributed by atoms with van der Waals surface area (Å²) in [5.41, 5.74) is 7.98. The zero-order valence-corrected chi connectivity index (χ0v) is 15.6. The summed E-state index contributed by atoms with van der Waals surface area (Å²) in [7, 11) is 1.84. The maximum Gasteiger partial charge on any atom is 0.304 e. The van der Waals surface area contributed by atoms with E-state index in [2.05, 4.69) is 16.4 Å². The van der Waals surface area contributed by atoms with Gasteiger partial charge in [0.15, 0.2) is 0 Å². The monoisotopic (exact) mass is 365 g/mol. The summed E-state index contributed by atoms with van der Waals surface area (Å²) >= 11 is 0. The van der Waals surface area contributed by atoms with Crippen LogP contribution in [0.1, 0.15) is 52.1 Å². The van der Waals surface area contributed by atoms with Crippen LogP contribution in [0.25, 0.3) is 11.0 Å². The van der Waals surface area contributed by atoms with Gasteiger partial charge >= 0.3 is 5.97 Å². The van der Waals surface area contributed by atoms with Crippen molar-refractivity contribution in [3.8, 4) is 0 Å². The number of hydrogen-bond acceptors (Lipinski definition) is 4. The summed E-state index contributed by atoms with van der Waals surface area (Å²) in [6, 6.07) is 8.06. The first-order valence-corrected chi connectivity index (χ1v) is 9.25. The third kappa shape index (κ3) is 3.00. The molecule has 6 heteroatoms. The fourth-order valence-corrected chi connectivity index (χ4v) is 4.37. The Morgan fingerprint density at radius 2 is 2.11 bits per heavy atom. The Kier molecular flexibility index (Phi) is 4.44. The highest BCUT2D eigenvalue weighted by Crippen LogP contribution is 2.37. The minimum Gasteiger partial charge on any atom is -0.481 e. The van der Waals surface area contributed by atoms with Crippen molar-refractivity contribution in [1.82, 2.24) is 15.0 Å². The number of aliphatic hydroxyl groups is 1. The first-order chi connectivity index (χ1) is 13.0. The molecule has 1 atom stereocenters. The minimum atomic E-state index is -0.843. The van der Waals surface area contributed by atoms with Crippen LogP contribution in [0.2, 0.25) is 0 Å². The molecule has 2 N–H and O–H groups in total. The van der Waals surface area contributed by atoms with E-state index < -0.39 is 5.97 Å². The van der Waals surface area contributed by atoms with Crippen molar-refractivity contribution >= 4 is 17.0 Å². The van der Waals surface area contributed by atoms with Crippen LogP contribution in [0.4, 0.5) is 0 Å². The highest BCUT2D eigenvalue weighted by Gasteiger charge is 2.25. The zero-order chi connectivity index (χ0) is 19.1. The predicted molar refractivity (Wildman–Crippen MR) is 102 cm³/mol. The van der Waals surface area contributed by atoms with Crippen LogP contribution >= 0.6 is 0 Å². The maximum atomic E-state index is 11.6. The van der Waals surface area contributed by atoms with Crippen LogP contribution in [0.15, 0.2) is 24.3 Å². The molecule has 1 heterocycles. The van der Waals surface area contributed by atoms with E-state index in [9.17, 15) is 15.0 Å². The molecular weight excluding hydrogens is 342 g/mol. The maximum absolute atomic E-state index is 11.6. The summed E-state index contributed by atoms with van der Waals surface area (Å²) in [6.07, 6.45) is 3.05. The number of aryl methyl sites for hydroxylation is 3. The first-order valence-electron chi connectivity index (χ1n) is 9.25. The third-order valence-electron chi connectivity index (χ3n) is 5.74. The Hall–Kier alpha value is -2.73. The van der Waals surface area contributed by atoms with Gasteiger partial charge in [0.05, 0.1) is 18.5 Å². The summed E-state index contributed by atoms with van der Waals surface area (Å²) in [5.74, 6) is -1.13. The van der Waals surface area contributed by atoms with Crippen molar-refractivity contribution in [3.63, 3.8) is 0 Å². The number of fused-ring (bicyclic) bond motifs is 2. The molecule has 0 radical (unpaired) electrons. The van der Waals surface area contributed by atoms with Crippen molar-refractivity contribution in [2.75, 3.05) is 0 Å². The largest absolute Gasteiger partial charge is 0.481 e. The number of aliphatic carboxylic acids is 1. The second kappa shape index (κ2) is 6.78. The molecule has 4 rings (SSSR count). The molecule has 0 spiro atoms. The van der Waals surface area contributed by atoms with E-state index in [0.29, 0.717) is 0 Å². The molecule has 3 aromatic rings. The van der Waals surface area contributed by atoms with Crippen molar-refractivity contribution < 1.29 is 15.0 Å². The summed E-state index contributed by atoms with van der Waals surface area (Å²) < 4.78 is 1.72. The quantitative estimate of drug-likeness (QED) is 0.726. The van der Waals surface area contributed by atoms with Crippen LogP contribution in [-0.2, 0) is 31.3 Å². The van der Waals surface area contributed by atoms with Crippen molar-refractivity contribution in [2.24, 2.45) is 7.05 Å². The lowest BCUT2D eigenvalue weighted by Crippen LogP contribution is -2.11. The standard InChI is InChI=1S/C21H23N3O3/c1-12-16(6-7-19-21(12)22-23-24(19)2)18(10-20(26)27)14-8-13-4-3-5-17(13)15(9-14)11-25/h6-9,18,25H,3-5,10-11H2,1-2H3,(H,26,27)/t18-/m0/s1. The number of nitrogens with zero attached hydrogens (tertiary/aromatic N) is 3. The predicted octanol–water partition coefficient (Wildman–Crippen LogP) is 2.86. The van der Waals surface area contributed by atoms with Gasteiger partial charge in [0.25, 0.3) is 0 Å². The number of carboxylic acid groups (broad SMARTS) is 1. The van der Waals surface area contributed by atoms with Gasteiger partial charge in [-0.1, -0.05) is 23.4 Å². The van der Waals surface area contributed by atoms with Gasteiger partial charge in [0, 0.05) is 13.0 Å². The van der Waals surface area contributed by atoms with Gasteiger partial charge in [-0.2, -0.15) is 0 Å². The summed E-state index contributed by atoms with van der Waals surface area (Å²) in [4.78, 5) is 11.6. The van der Waals surface area contributed by atoms with Gasteiger partial charge in [-0.05, 0) is 65.6 Å². The van der Waals surface area contributed by atoms with E-state index in [1.165, 1.54) is 11.1 Å². The fourth-order valence-electron chi connectivity index (χ4n) is 4.37. The number of hydrogen-bond donors (Lipinski definition) is 2. The van der Waals surface area contributed by atoms with Gasteiger partial charge in [-0.25, -0.2) is 4.68 Å². The summed E-state index contributed by atoms with van der Waals surface area (Å²) in [6.45, 7) is 1.96. The normalized spacial score (nSPS) is 14.5. The molecule has 0 aliphatic heterocycles. The van der Waals surface area contributed by atoms with Crippen LogP contribution in [-0.4, -0.2) is 31.2 Å². The topological polar surface area (TPSA) is 88.2 Å². The van der Waals surface area contributed by atoms with E-state index in [-0.39, 0.29) is 18.9 Å². The van der Waals surface area contributed by atoms with Crippen LogP contribution in [0.5, 0.6) is 0 Å². The van der Waals surface area contributed by atoms with Crippen molar-refractivity contribution in [2.45, 2.75) is 45.1 Å². The van der Waals surface area contributed by atoms with E-state index in [4.69, 9.17) is 0 Å². The minimum absolute atomic E-state index is 0.00371. The third-order valence-corrected chi connectivity index (χ3v) is 5.74. The van der Waals surface area contributed by atoms with Crippen LogP contribution < -0.4 is 0 Å². The fraction of sp³-hybridized carbons (Fsp3) is 0.381. The highest BCUT2D eigenvalue weighted by molar-refractivity contribution is 5.80. The Labute approximate surface area is 157 Å². The lowest BCUT2D eigenvalue weighted by molar-refractivity contribution is -0.137.